The maximum absolute atomic E-state index is 11.8. The van der Waals surface area contributed by atoms with Crippen LogP contribution in [0, 0.1) is 11.3 Å². The molecule has 0 radical (unpaired) electrons. The zero-order valence-electron chi connectivity index (χ0n) is 11.7. The normalized spacial score (nSPS) is 13.0. The van der Waals surface area contributed by atoms with Crippen molar-refractivity contribution in [2.45, 2.75) is 26.4 Å². The molecule has 0 aliphatic carbocycles. The maximum atomic E-state index is 11.8. The summed E-state index contributed by atoms with van der Waals surface area (Å²) in [6.07, 6.45) is 1.87. The molecule has 0 aliphatic heterocycles. The molecule has 0 amide bonds. The van der Waals surface area contributed by atoms with E-state index in [4.69, 9.17) is 4.74 Å². The van der Waals surface area contributed by atoms with Gasteiger partial charge in [-0.1, -0.05) is 19.9 Å². The Bertz CT molecular complexity index is 293. The SMILES string of the molecule is C=CCC(OC)C(C)(C)C(C(=O)OC)C(=O)OC. The molecule has 0 heterocycles. The van der Waals surface area contributed by atoms with Crippen LogP contribution < -0.4 is 0 Å². The first-order valence-corrected chi connectivity index (χ1v) is 5.66. The Labute approximate surface area is 108 Å². The predicted molar refractivity (Wildman–Crippen MR) is 66.9 cm³/mol. The van der Waals surface area contributed by atoms with Crippen molar-refractivity contribution in [3.63, 3.8) is 0 Å². The molecular formula is C13H22O5. The molecule has 1 unspecified atom stereocenters. The van der Waals surface area contributed by atoms with Gasteiger partial charge in [0.2, 0.25) is 0 Å². The second-order valence-corrected chi connectivity index (χ2v) is 4.55. The Hall–Kier alpha value is -1.36. The highest BCUT2D eigenvalue weighted by Crippen LogP contribution is 2.36. The molecule has 0 fully saturated rings. The summed E-state index contributed by atoms with van der Waals surface area (Å²) in [6.45, 7) is 7.17. The van der Waals surface area contributed by atoms with Crippen LogP contribution >= 0.6 is 0 Å². The van der Waals surface area contributed by atoms with Gasteiger partial charge in [0.05, 0.1) is 20.3 Å². The lowest BCUT2D eigenvalue weighted by Gasteiger charge is -2.36. The molecule has 0 bridgehead atoms. The van der Waals surface area contributed by atoms with Crippen molar-refractivity contribution in [3.05, 3.63) is 12.7 Å². The van der Waals surface area contributed by atoms with Crippen LogP contribution in [-0.2, 0) is 23.8 Å². The van der Waals surface area contributed by atoms with Crippen molar-refractivity contribution in [3.8, 4) is 0 Å². The van der Waals surface area contributed by atoms with Gasteiger partial charge in [-0.25, -0.2) is 0 Å². The van der Waals surface area contributed by atoms with Crippen molar-refractivity contribution < 1.29 is 23.8 Å². The summed E-state index contributed by atoms with van der Waals surface area (Å²) >= 11 is 0. The molecule has 5 heteroatoms. The largest absolute Gasteiger partial charge is 0.468 e. The minimum absolute atomic E-state index is 0.335. The van der Waals surface area contributed by atoms with E-state index in [2.05, 4.69) is 16.1 Å². The van der Waals surface area contributed by atoms with Gasteiger partial charge in [0, 0.05) is 12.5 Å². The number of hydrogen-bond donors (Lipinski definition) is 0. The monoisotopic (exact) mass is 258 g/mol. The number of rotatable bonds is 7. The first kappa shape index (κ1) is 16.6. The lowest BCUT2D eigenvalue weighted by Crippen LogP contribution is -2.46. The summed E-state index contributed by atoms with van der Waals surface area (Å²) in [7, 11) is 4.01. The number of methoxy groups -OCH3 is 3. The van der Waals surface area contributed by atoms with Crippen molar-refractivity contribution in [1.29, 1.82) is 0 Å². The summed E-state index contributed by atoms with van der Waals surface area (Å²) in [5, 5.41) is 0. The fourth-order valence-electron chi connectivity index (χ4n) is 1.98. The average molecular weight is 258 g/mol. The summed E-state index contributed by atoms with van der Waals surface area (Å²) in [6, 6.07) is 0. The van der Waals surface area contributed by atoms with Crippen molar-refractivity contribution >= 4 is 11.9 Å². The van der Waals surface area contributed by atoms with Crippen LogP contribution in [0.4, 0.5) is 0 Å². The molecule has 5 nitrogen and oxygen atoms in total. The second-order valence-electron chi connectivity index (χ2n) is 4.55. The van der Waals surface area contributed by atoms with Crippen molar-refractivity contribution in [2.75, 3.05) is 21.3 Å². The van der Waals surface area contributed by atoms with E-state index in [1.165, 1.54) is 21.3 Å². The Balaban J connectivity index is 5.35. The van der Waals surface area contributed by atoms with Gasteiger partial charge in [-0.2, -0.15) is 0 Å². The maximum Gasteiger partial charge on any atom is 0.320 e. The topological polar surface area (TPSA) is 61.8 Å². The molecule has 0 rings (SSSR count). The third kappa shape index (κ3) is 3.57. The van der Waals surface area contributed by atoms with E-state index < -0.39 is 23.3 Å². The average Bonchev–Trinajstić information content (AvgIpc) is 2.34. The number of ether oxygens (including phenoxy) is 3. The van der Waals surface area contributed by atoms with Crippen LogP contribution in [0.5, 0.6) is 0 Å². The first-order valence-electron chi connectivity index (χ1n) is 5.66. The van der Waals surface area contributed by atoms with Gasteiger partial charge < -0.3 is 14.2 Å². The summed E-state index contributed by atoms with van der Waals surface area (Å²) in [4.78, 5) is 23.6. The molecule has 0 saturated heterocycles. The second kappa shape index (κ2) is 7.16. The Morgan fingerprint density at radius 1 is 1.17 bits per heavy atom. The highest BCUT2D eigenvalue weighted by molar-refractivity contribution is 5.95. The summed E-state index contributed by atoms with van der Waals surface area (Å²) < 4.78 is 14.7. The van der Waals surface area contributed by atoms with Gasteiger partial charge >= 0.3 is 11.9 Å². The Morgan fingerprint density at radius 3 is 1.89 bits per heavy atom. The van der Waals surface area contributed by atoms with E-state index in [0.717, 1.165) is 0 Å². The van der Waals surface area contributed by atoms with E-state index in [9.17, 15) is 9.59 Å². The molecule has 18 heavy (non-hydrogen) atoms. The zero-order chi connectivity index (χ0) is 14.3. The minimum Gasteiger partial charge on any atom is -0.468 e. The number of esters is 2. The first-order chi connectivity index (χ1) is 8.36. The molecule has 0 N–H and O–H groups in total. The Morgan fingerprint density at radius 2 is 1.61 bits per heavy atom. The van der Waals surface area contributed by atoms with Gasteiger partial charge in [0.25, 0.3) is 0 Å². The number of carbonyl (C=O) groups is 2. The molecule has 0 saturated carbocycles. The van der Waals surface area contributed by atoms with Gasteiger partial charge in [0.1, 0.15) is 0 Å². The highest BCUT2D eigenvalue weighted by atomic mass is 16.5. The van der Waals surface area contributed by atoms with Crippen LogP contribution in [0.1, 0.15) is 20.3 Å². The van der Waals surface area contributed by atoms with E-state index in [1.54, 1.807) is 19.9 Å². The molecular weight excluding hydrogens is 236 g/mol. The van der Waals surface area contributed by atoms with E-state index in [0.29, 0.717) is 6.42 Å². The molecule has 0 aromatic rings. The van der Waals surface area contributed by atoms with Crippen molar-refractivity contribution in [1.82, 2.24) is 0 Å². The Kier molecular flexibility index (Phi) is 6.62. The van der Waals surface area contributed by atoms with E-state index in [-0.39, 0.29) is 6.10 Å². The molecule has 104 valence electrons. The molecule has 0 aliphatic rings. The standard InChI is InChI=1S/C13H22O5/c1-7-8-9(16-4)13(2,3)10(11(14)17-5)12(15)18-6/h7,9-10H,1,8H2,2-6H3. The van der Waals surface area contributed by atoms with Gasteiger partial charge in [-0.3, -0.25) is 9.59 Å². The summed E-state index contributed by atoms with van der Waals surface area (Å²) in [5.74, 6) is -2.28. The predicted octanol–water partition coefficient (Wildman–Crippen LogP) is 1.57. The number of hydrogen-bond acceptors (Lipinski definition) is 5. The third-order valence-corrected chi connectivity index (χ3v) is 3.11. The molecule has 0 spiro atoms. The molecule has 1 atom stereocenters. The molecule has 0 aromatic heterocycles. The van der Waals surface area contributed by atoms with Gasteiger partial charge in [-0.05, 0) is 6.42 Å². The van der Waals surface area contributed by atoms with Gasteiger partial charge in [0.15, 0.2) is 5.92 Å². The van der Waals surface area contributed by atoms with Crippen LogP contribution in [0.3, 0.4) is 0 Å². The fourth-order valence-corrected chi connectivity index (χ4v) is 1.98. The van der Waals surface area contributed by atoms with Crippen LogP contribution in [0.15, 0.2) is 12.7 Å². The van der Waals surface area contributed by atoms with Crippen LogP contribution in [-0.4, -0.2) is 39.4 Å². The zero-order valence-corrected chi connectivity index (χ0v) is 11.7. The summed E-state index contributed by atoms with van der Waals surface area (Å²) in [5.41, 5.74) is -0.761. The van der Waals surface area contributed by atoms with E-state index >= 15 is 0 Å². The molecule has 0 aromatic carbocycles. The smallest absolute Gasteiger partial charge is 0.320 e. The fraction of sp³-hybridized carbons (Fsp3) is 0.692. The van der Waals surface area contributed by atoms with Crippen molar-refractivity contribution in [2.24, 2.45) is 11.3 Å². The number of carbonyl (C=O) groups excluding carboxylic acids is 2. The van der Waals surface area contributed by atoms with Gasteiger partial charge in [-0.15, -0.1) is 6.58 Å². The third-order valence-electron chi connectivity index (χ3n) is 3.11. The van der Waals surface area contributed by atoms with E-state index in [1.807, 2.05) is 0 Å². The quantitative estimate of drug-likeness (QED) is 0.394. The van der Waals surface area contributed by atoms with Crippen LogP contribution in [0.2, 0.25) is 0 Å². The van der Waals surface area contributed by atoms with Crippen LogP contribution in [0.25, 0.3) is 0 Å². The minimum atomic E-state index is -1.03. The lowest BCUT2D eigenvalue weighted by atomic mass is 9.73. The highest BCUT2D eigenvalue weighted by Gasteiger charge is 2.47. The lowest BCUT2D eigenvalue weighted by molar-refractivity contribution is -0.169.